The van der Waals surface area contributed by atoms with Gasteiger partial charge in [0.2, 0.25) is 0 Å². The molecule has 1 atom stereocenters. The van der Waals surface area contributed by atoms with Crippen LogP contribution in [-0.2, 0) is 0 Å². The summed E-state index contributed by atoms with van der Waals surface area (Å²) in [5, 5.41) is 19.0. The van der Waals surface area contributed by atoms with Crippen LogP contribution < -0.4 is 4.74 Å². The summed E-state index contributed by atoms with van der Waals surface area (Å²) in [6.07, 6.45) is 0. The largest absolute Gasteiger partial charge is 0.454 e. The third-order valence-corrected chi connectivity index (χ3v) is 3.76. The van der Waals surface area contributed by atoms with Gasteiger partial charge >= 0.3 is 0 Å². The third kappa shape index (κ3) is 2.63. The first kappa shape index (κ1) is 14.7. The van der Waals surface area contributed by atoms with E-state index in [0.717, 1.165) is 11.3 Å². The van der Waals surface area contributed by atoms with Crippen LogP contribution >= 0.6 is 23.2 Å². The molecule has 0 radical (unpaired) electrons. The molecule has 22 heavy (non-hydrogen) atoms. The molecule has 1 heterocycles. The number of benzene rings is 2. The lowest BCUT2D eigenvalue weighted by Gasteiger charge is -2.11. The van der Waals surface area contributed by atoms with E-state index in [9.17, 15) is 10.1 Å². The molecule has 1 unspecified atom stereocenters. The number of ether oxygens (including phenoxy) is 1. The van der Waals surface area contributed by atoms with E-state index >= 15 is 0 Å². The molecule has 112 valence electrons. The molecular formula is C14H9Cl2N3O3. The van der Waals surface area contributed by atoms with Crippen molar-refractivity contribution < 1.29 is 9.66 Å². The van der Waals surface area contributed by atoms with Gasteiger partial charge in [0.25, 0.3) is 5.69 Å². The highest BCUT2D eigenvalue weighted by molar-refractivity contribution is 6.37. The van der Waals surface area contributed by atoms with Crippen LogP contribution in [0.4, 0.5) is 11.4 Å². The molecule has 8 heteroatoms. The van der Waals surface area contributed by atoms with Gasteiger partial charge in [-0.15, -0.1) is 0 Å². The summed E-state index contributed by atoms with van der Waals surface area (Å²) in [6, 6.07) is 7.65. The van der Waals surface area contributed by atoms with Crippen molar-refractivity contribution in [1.82, 2.24) is 0 Å². The molecule has 0 fully saturated rings. The highest BCUT2D eigenvalue weighted by Gasteiger charge is 2.19. The van der Waals surface area contributed by atoms with Crippen molar-refractivity contribution in [3.05, 3.63) is 56.1 Å². The zero-order valence-electron chi connectivity index (χ0n) is 11.3. The SMILES string of the molecule is CC1N=Nc2ccc(Oc3c(Cl)cc([N+](=O)[O-])cc3Cl)cc21. The van der Waals surface area contributed by atoms with Crippen molar-refractivity contribution in [2.75, 3.05) is 0 Å². The maximum absolute atomic E-state index is 10.8. The molecule has 0 bridgehead atoms. The molecule has 1 aliphatic heterocycles. The van der Waals surface area contributed by atoms with Gasteiger partial charge in [-0.1, -0.05) is 23.2 Å². The second-order valence-electron chi connectivity index (χ2n) is 4.71. The third-order valence-electron chi connectivity index (χ3n) is 3.20. The smallest absolute Gasteiger partial charge is 0.272 e. The van der Waals surface area contributed by atoms with E-state index in [1.165, 1.54) is 12.1 Å². The standard InChI is InChI=1S/C14H9Cl2N3O3/c1-7-10-6-9(2-3-13(10)18-17-7)22-14-11(15)4-8(19(20)21)5-12(14)16/h2-7H,1H3. The summed E-state index contributed by atoms with van der Waals surface area (Å²) in [5.41, 5.74) is 1.54. The van der Waals surface area contributed by atoms with Gasteiger partial charge in [0.05, 0.1) is 26.7 Å². The molecule has 0 saturated heterocycles. The highest BCUT2D eigenvalue weighted by atomic mass is 35.5. The van der Waals surface area contributed by atoms with Crippen LogP contribution in [-0.4, -0.2) is 4.92 Å². The van der Waals surface area contributed by atoms with Gasteiger partial charge in [-0.25, -0.2) is 0 Å². The second kappa shape index (κ2) is 5.55. The maximum atomic E-state index is 10.8. The molecule has 3 rings (SSSR count). The van der Waals surface area contributed by atoms with Gasteiger partial charge in [0.15, 0.2) is 5.75 Å². The van der Waals surface area contributed by atoms with Gasteiger partial charge in [-0.05, 0) is 25.1 Å². The van der Waals surface area contributed by atoms with Crippen molar-refractivity contribution in [2.24, 2.45) is 10.2 Å². The number of hydrogen-bond acceptors (Lipinski definition) is 5. The molecule has 2 aromatic rings. The Morgan fingerprint density at radius 3 is 2.55 bits per heavy atom. The molecule has 1 aliphatic rings. The van der Waals surface area contributed by atoms with Crippen molar-refractivity contribution >= 4 is 34.6 Å². The Labute approximate surface area is 135 Å². The Morgan fingerprint density at radius 2 is 1.91 bits per heavy atom. The van der Waals surface area contributed by atoms with Crippen LogP contribution in [0.1, 0.15) is 18.5 Å². The lowest BCUT2D eigenvalue weighted by atomic mass is 10.1. The fourth-order valence-corrected chi connectivity index (χ4v) is 2.65. The molecule has 0 spiro atoms. The van der Waals surface area contributed by atoms with E-state index in [4.69, 9.17) is 27.9 Å². The summed E-state index contributed by atoms with van der Waals surface area (Å²) in [7, 11) is 0. The molecule has 0 aliphatic carbocycles. The maximum Gasteiger partial charge on any atom is 0.272 e. The first-order valence-electron chi connectivity index (χ1n) is 6.32. The minimum absolute atomic E-state index is 0.0404. The summed E-state index contributed by atoms with van der Waals surface area (Å²) in [4.78, 5) is 10.2. The van der Waals surface area contributed by atoms with Crippen LogP contribution in [0, 0.1) is 10.1 Å². The quantitative estimate of drug-likeness (QED) is 0.520. The molecule has 2 aromatic carbocycles. The minimum Gasteiger partial charge on any atom is -0.454 e. The number of azo groups is 1. The van der Waals surface area contributed by atoms with Crippen molar-refractivity contribution in [3.8, 4) is 11.5 Å². The van der Waals surface area contributed by atoms with E-state index in [1.54, 1.807) is 18.2 Å². The van der Waals surface area contributed by atoms with Gasteiger partial charge in [-0.3, -0.25) is 10.1 Å². The van der Waals surface area contributed by atoms with E-state index in [2.05, 4.69) is 10.2 Å². The summed E-state index contributed by atoms with van der Waals surface area (Å²) >= 11 is 12.0. The van der Waals surface area contributed by atoms with Gasteiger partial charge in [-0.2, -0.15) is 10.2 Å². The Hall–Kier alpha value is -2.18. The van der Waals surface area contributed by atoms with Crippen LogP contribution in [0.25, 0.3) is 0 Å². The van der Waals surface area contributed by atoms with Crippen molar-refractivity contribution in [1.29, 1.82) is 0 Å². The predicted octanol–water partition coefficient (Wildman–Crippen LogP) is 5.85. The number of nitro groups is 1. The second-order valence-corrected chi connectivity index (χ2v) is 5.52. The van der Waals surface area contributed by atoms with Crippen molar-refractivity contribution in [2.45, 2.75) is 13.0 Å². The average molecular weight is 338 g/mol. The van der Waals surface area contributed by atoms with Crippen LogP contribution in [0.15, 0.2) is 40.6 Å². The predicted molar refractivity (Wildman–Crippen MR) is 82.6 cm³/mol. The molecular weight excluding hydrogens is 329 g/mol. The fraction of sp³-hybridized carbons (Fsp3) is 0.143. The molecule has 6 nitrogen and oxygen atoms in total. The summed E-state index contributed by atoms with van der Waals surface area (Å²) < 4.78 is 5.68. The Balaban J connectivity index is 1.94. The van der Waals surface area contributed by atoms with Crippen molar-refractivity contribution in [3.63, 3.8) is 0 Å². The van der Waals surface area contributed by atoms with Gasteiger partial charge in [0, 0.05) is 17.7 Å². The van der Waals surface area contributed by atoms with Gasteiger partial charge < -0.3 is 4.74 Å². The van der Waals surface area contributed by atoms with Crippen LogP contribution in [0.5, 0.6) is 11.5 Å². The molecule has 0 aromatic heterocycles. The number of nitro benzene ring substituents is 1. The monoisotopic (exact) mass is 337 g/mol. The van der Waals surface area contributed by atoms with Crippen LogP contribution in [0.3, 0.4) is 0 Å². The lowest BCUT2D eigenvalue weighted by Crippen LogP contribution is -1.92. The molecule has 0 saturated carbocycles. The summed E-state index contributed by atoms with van der Waals surface area (Å²) in [6.45, 7) is 1.92. The van der Waals surface area contributed by atoms with Gasteiger partial charge in [0.1, 0.15) is 5.75 Å². The average Bonchev–Trinajstić information content (AvgIpc) is 2.84. The first-order chi connectivity index (χ1) is 10.5. The number of hydrogen-bond donors (Lipinski definition) is 0. The van der Waals surface area contributed by atoms with E-state index < -0.39 is 4.92 Å². The summed E-state index contributed by atoms with van der Waals surface area (Å²) in [5.74, 6) is 0.684. The normalized spacial score (nSPS) is 15.7. The minimum atomic E-state index is -0.568. The molecule has 0 amide bonds. The van der Waals surface area contributed by atoms with Crippen LogP contribution in [0.2, 0.25) is 10.0 Å². The number of fused-ring (bicyclic) bond motifs is 1. The number of halogens is 2. The van der Waals surface area contributed by atoms with E-state index in [-0.39, 0.29) is 27.5 Å². The zero-order valence-corrected chi connectivity index (χ0v) is 12.8. The van der Waals surface area contributed by atoms with E-state index in [1.807, 2.05) is 6.92 Å². The zero-order chi connectivity index (χ0) is 15.9. The number of rotatable bonds is 3. The lowest BCUT2D eigenvalue weighted by molar-refractivity contribution is -0.384. The Kier molecular flexibility index (Phi) is 3.72. The Bertz CT molecular complexity index is 785. The van der Waals surface area contributed by atoms with E-state index in [0.29, 0.717) is 5.75 Å². The number of non-ortho nitro benzene ring substituents is 1. The highest BCUT2D eigenvalue weighted by Crippen LogP contribution is 2.42. The first-order valence-corrected chi connectivity index (χ1v) is 7.07. The topological polar surface area (TPSA) is 77.1 Å². The fourth-order valence-electron chi connectivity index (χ4n) is 2.10. The Morgan fingerprint density at radius 1 is 1.23 bits per heavy atom. The number of nitrogens with zero attached hydrogens (tertiary/aromatic N) is 3. The molecule has 0 N–H and O–H groups in total.